The molecule has 24 heavy (non-hydrogen) atoms. The molecule has 3 rings (SSSR count). The van der Waals surface area contributed by atoms with Gasteiger partial charge >= 0.3 is 6.09 Å². The minimum absolute atomic E-state index is 0.0245. The Hall–Kier alpha value is -2.56. The van der Waals surface area contributed by atoms with E-state index in [9.17, 15) is 4.79 Å². The first kappa shape index (κ1) is 16.3. The molecule has 5 heteroatoms. The summed E-state index contributed by atoms with van der Waals surface area (Å²) < 4.78 is 10.8. The third-order valence-electron chi connectivity index (χ3n) is 4.13. The van der Waals surface area contributed by atoms with Crippen LogP contribution in [0.15, 0.2) is 48.7 Å². The van der Waals surface area contributed by atoms with Gasteiger partial charge < -0.3 is 14.4 Å². The van der Waals surface area contributed by atoms with Crippen LogP contribution in [-0.2, 0) is 11.3 Å². The van der Waals surface area contributed by atoms with E-state index in [1.807, 2.05) is 49.4 Å². The SMILES string of the molecule is CCOc1ccc([C@H]2CCCN2C(=O)OCc2ccccc2)cn1. The fourth-order valence-corrected chi connectivity index (χ4v) is 2.96. The van der Waals surface area contributed by atoms with Crippen LogP contribution in [0.4, 0.5) is 4.79 Å². The summed E-state index contributed by atoms with van der Waals surface area (Å²) in [4.78, 5) is 18.5. The van der Waals surface area contributed by atoms with Gasteiger partial charge in [-0.25, -0.2) is 9.78 Å². The molecule has 2 heterocycles. The average Bonchev–Trinajstić information content (AvgIpc) is 3.11. The maximum Gasteiger partial charge on any atom is 0.410 e. The van der Waals surface area contributed by atoms with Crippen molar-refractivity contribution in [2.75, 3.05) is 13.2 Å². The van der Waals surface area contributed by atoms with Crippen molar-refractivity contribution in [1.82, 2.24) is 9.88 Å². The molecule has 1 fully saturated rings. The van der Waals surface area contributed by atoms with Crippen molar-refractivity contribution >= 4 is 6.09 Å². The van der Waals surface area contributed by atoms with E-state index in [1.165, 1.54) is 0 Å². The minimum Gasteiger partial charge on any atom is -0.478 e. The molecule has 0 N–H and O–H groups in total. The predicted molar refractivity (Wildman–Crippen MR) is 90.7 cm³/mol. The van der Waals surface area contributed by atoms with Gasteiger partial charge in [0.15, 0.2) is 0 Å². The van der Waals surface area contributed by atoms with Gasteiger partial charge in [-0.05, 0) is 30.9 Å². The summed E-state index contributed by atoms with van der Waals surface area (Å²) in [7, 11) is 0. The van der Waals surface area contributed by atoms with Gasteiger partial charge in [-0.2, -0.15) is 0 Å². The first-order valence-electron chi connectivity index (χ1n) is 8.34. The number of nitrogens with zero attached hydrogens (tertiary/aromatic N) is 2. The second-order valence-electron chi connectivity index (χ2n) is 5.75. The van der Waals surface area contributed by atoms with Gasteiger partial charge in [0, 0.05) is 18.8 Å². The quantitative estimate of drug-likeness (QED) is 0.835. The second-order valence-corrected chi connectivity index (χ2v) is 5.75. The molecule has 0 saturated carbocycles. The molecule has 1 atom stereocenters. The monoisotopic (exact) mass is 326 g/mol. The van der Waals surface area contributed by atoms with Gasteiger partial charge in [-0.3, -0.25) is 0 Å². The van der Waals surface area contributed by atoms with Crippen LogP contribution in [0.5, 0.6) is 5.88 Å². The van der Waals surface area contributed by atoms with E-state index in [-0.39, 0.29) is 12.1 Å². The number of carbonyl (C=O) groups is 1. The maximum atomic E-state index is 12.4. The summed E-state index contributed by atoms with van der Waals surface area (Å²) in [5, 5.41) is 0. The van der Waals surface area contributed by atoms with Crippen molar-refractivity contribution < 1.29 is 14.3 Å². The third kappa shape index (κ3) is 3.85. The van der Waals surface area contributed by atoms with Crippen molar-refractivity contribution in [3.8, 4) is 5.88 Å². The summed E-state index contributed by atoms with van der Waals surface area (Å²) in [6.07, 6.45) is 3.42. The van der Waals surface area contributed by atoms with E-state index in [4.69, 9.17) is 9.47 Å². The molecule has 126 valence electrons. The summed E-state index contributed by atoms with van der Waals surface area (Å²) in [5.74, 6) is 0.609. The molecule has 0 bridgehead atoms. The molecule has 0 aliphatic carbocycles. The highest BCUT2D eigenvalue weighted by Gasteiger charge is 2.31. The number of pyridine rings is 1. The molecule has 5 nitrogen and oxygen atoms in total. The van der Waals surface area contributed by atoms with Crippen LogP contribution in [0, 0.1) is 0 Å². The van der Waals surface area contributed by atoms with Gasteiger partial charge in [0.25, 0.3) is 0 Å². The molecule has 0 spiro atoms. The number of likely N-dealkylation sites (tertiary alicyclic amines) is 1. The van der Waals surface area contributed by atoms with Crippen LogP contribution in [0.25, 0.3) is 0 Å². The molecule has 1 aliphatic rings. The Labute approximate surface area is 142 Å². The first-order chi connectivity index (χ1) is 11.8. The lowest BCUT2D eigenvalue weighted by molar-refractivity contribution is 0.0920. The zero-order valence-corrected chi connectivity index (χ0v) is 13.9. The fourth-order valence-electron chi connectivity index (χ4n) is 2.96. The Kier molecular flexibility index (Phi) is 5.31. The van der Waals surface area contributed by atoms with E-state index in [2.05, 4.69) is 4.98 Å². The Balaban J connectivity index is 1.63. The highest BCUT2D eigenvalue weighted by Crippen LogP contribution is 2.32. The zero-order chi connectivity index (χ0) is 16.8. The number of carbonyl (C=O) groups excluding carboxylic acids is 1. The van der Waals surface area contributed by atoms with E-state index in [0.29, 0.717) is 25.6 Å². The van der Waals surface area contributed by atoms with Crippen molar-refractivity contribution in [1.29, 1.82) is 0 Å². The third-order valence-corrected chi connectivity index (χ3v) is 4.13. The molecule has 1 aliphatic heterocycles. The molecule has 0 radical (unpaired) electrons. The zero-order valence-electron chi connectivity index (χ0n) is 13.9. The van der Waals surface area contributed by atoms with E-state index < -0.39 is 0 Å². The first-order valence-corrected chi connectivity index (χ1v) is 8.34. The number of hydrogen-bond acceptors (Lipinski definition) is 4. The fraction of sp³-hybridized carbons (Fsp3) is 0.368. The minimum atomic E-state index is -0.268. The smallest absolute Gasteiger partial charge is 0.410 e. The number of ether oxygens (including phenoxy) is 2. The topological polar surface area (TPSA) is 51.7 Å². The van der Waals surface area contributed by atoms with E-state index in [1.54, 1.807) is 11.1 Å². The van der Waals surface area contributed by atoms with E-state index in [0.717, 1.165) is 24.0 Å². The second kappa shape index (κ2) is 7.81. The van der Waals surface area contributed by atoms with Crippen LogP contribution in [0.3, 0.4) is 0 Å². The molecule has 1 aromatic carbocycles. The van der Waals surface area contributed by atoms with Crippen LogP contribution in [0.2, 0.25) is 0 Å². The average molecular weight is 326 g/mol. The Bertz CT molecular complexity index is 658. The lowest BCUT2D eigenvalue weighted by Crippen LogP contribution is -2.31. The van der Waals surface area contributed by atoms with E-state index >= 15 is 0 Å². The number of amides is 1. The Morgan fingerprint density at radius 2 is 2.08 bits per heavy atom. The molecule has 2 aromatic rings. The Morgan fingerprint density at radius 3 is 2.79 bits per heavy atom. The normalized spacial score (nSPS) is 16.9. The van der Waals surface area contributed by atoms with Crippen molar-refractivity contribution in [3.63, 3.8) is 0 Å². The highest BCUT2D eigenvalue weighted by molar-refractivity contribution is 5.68. The lowest BCUT2D eigenvalue weighted by atomic mass is 10.1. The van der Waals surface area contributed by atoms with Crippen molar-refractivity contribution in [3.05, 3.63) is 59.8 Å². The van der Waals surface area contributed by atoms with Crippen molar-refractivity contribution in [2.24, 2.45) is 0 Å². The number of benzene rings is 1. The molecule has 1 amide bonds. The Morgan fingerprint density at radius 1 is 1.25 bits per heavy atom. The lowest BCUT2D eigenvalue weighted by Gasteiger charge is -2.24. The van der Waals surface area contributed by atoms with Gasteiger partial charge in [0.05, 0.1) is 12.6 Å². The number of rotatable bonds is 5. The predicted octanol–water partition coefficient (Wildman–Crippen LogP) is 3.95. The summed E-state index contributed by atoms with van der Waals surface area (Å²) in [5.41, 5.74) is 2.01. The number of hydrogen-bond donors (Lipinski definition) is 0. The standard InChI is InChI=1S/C19H22N2O3/c1-2-23-18-11-10-16(13-20-18)17-9-6-12-21(17)19(22)24-14-15-7-4-3-5-8-15/h3-5,7-8,10-11,13,17H,2,6,9,12,14H2,1H3/t17-/m1/s1. The largest absolute Gasteiger partial charge is 0.478 e. The van der Waals surface area contributed by atoms with Gasteiger partial charge in [0.1, 0.15) is 6.61 Å². The van der Waals surface area contributed by atoms with Crippen molar-refractivity contribution in [2.45, 2.75) is 32.4 Å². The van der Waals surface area contributed by atoms with Crippen LogP contribution in [0.1, 0.15) is 36.9 Å². The van der Waals surface area contributed by atoms with Gasteiger partial charge in [-0.1, -0.05) is 36.4 Å². The van der Waals surface area contributed by atoms with Crippen LogP contribution in [-0.4, -0.2) is 29.1 Å². The van der Waals surface area contributed by atoms with Gasteiger partial charge in [0.2, 0.25) is 5.88 Å². The molecular formula is C19H22N2O3. The molecule has 1 aromatic heterocycles. The number of aromatic nitrogens is 1. The molecule has 1 saturated heterocycles. The van der Waals surface area contributed by atoms with Gasteiger partial charge in [-0.15, -0.1) is 0 Å². The summed E-state index contributed by atoms with van der Waals surface area (Å²) in [6, 6.07) is 13.6. The maximum absolute atomic E-state index is 12.4. The summed E-state index contributed by atoms with van der Waals surface area (Å²) >= 11 is 0. The highest BCUT2D eigenvalue weighted by atomic mass is 16.6. The summed E-state index contributed by atoms with van der Waals surface area (Å²) in [6.45, 7) is 3.53. The molecular weight excluding hydrogens is 304 g/mol. The van der Waals surface area contributed by atoms with Crippen LogP contribution >= 0.6 is 0 Å². The van der Waals surface area contributed by atoms with Crippen LogP contribution < -0.4 is 4.74 Å². The molecule has 0 unspecified atom stereocenters.